The minimum Gasteiger partial charge on any atom is -0.287 e. The van der Waals surface area contributed by atoms with Crippen molar-refractivity contribution in [3.8, 4) is 0 Å². The van der Waals surface area contributed by atoms with Crippen LogP contribution in [0.25, 0.3) is 10.9 Å². The van der Waals surface area contributed by atoms with Crippen molar-refractivity contribution in [3.05, 3.63) is 76.1 Å². The van der Waals surface area contributed by atoms with Gasteiger partial charge in [-0.2, -0.15) is 18.3 Å². The second-order valence-corrected chi connectivity index (χ2v) is 5.88. The summed E-state index contributed by atoms with van der Waals surface area (Å²) in [5.74, 6) is 0. The number of halogens is 3. The molecular formula is C18H16F3N3O. The van der Waals surface area contributed by atoms with E-state index in [9.17, 15) is 18.0 Å². The van der Waals surface area contributed by atoms with E-state index >= 15 is 0 Å². The van der Waals surface area contributed by atoms with E-state index in [2.05, 4.69) is 5.10 Å². The highest BCUT2D eigenvalue weighted by atomic mass is 19.4. The van der Waals surface area contributed by atoms with E-state index in [1.807, 2.05) is 24.1 Å². The lowest BCUT2D eigenvalue weighted by molar-refractivity contribution is -0.137. The normalized spacial score (nSPS) is 12.0. The minimum atomic E-state index is -4.33. The molecule has 130 valence electrons. The molecule has 0 amide bonds. The van der Waals surface area contributed by atoms with Crippen LogP contribution in [-0.2, 0) is 19.4 Å². The molecule has 0 radical (unpaired) electrons. The molecule has 0 bridgehead atoms. The van der Waals surface area contributed by atoms with Gasteiger partial charge in [0.25, 0.3) is 0 Å². The Hall–Kier alpha value is -2.67. The summed E-state index contributed by atoms with van der Waals surface area (Å²) in [7, 11) is 1.84. The van der Waals surface area contributed by atoms with Gasteiger partial charge in [0, 0.05) is 11.9 Å². The minimum absolute atomic E-state index is 0.141. The fourth-order valence-corrected chi connectivity index (χ4v) is 2.66. The molecule has 0 fully saturated rings. The molecule has 3 aromatic rings. The standard InChI is InChI=1S/C18H16F3N3O/c1-23(11-13-6-8-14(9-7-13)18(19,20)21)12-24-16-5-3-2-4-15(16)17(25)10-22-24/h2-10H,11-12H2,1H3. The predicted octanol–water partition coefficient (Wildman–Crippen LogP) is 3.50. The van der Waals surface area contributed by atoms with Crippen molar-refractivity contribution in [2.75, 3.05) is 7.05 Å². The Morgan fingerprint density at radius 2 is 1.76 bits per heavy atom. The van der Waals surface area contributed by atoms with E-state index in [1.165, 1.54) is 18.3 Å². The Morgan fingerprint density at radius 1 is 1.08 bits per heavy atom. The number of alkyl halides is 3. The molecule has 1 aromatic heterocycles. The van der Waals surface area contributed by atoms with Crippen molar-refractivity contribution >= 4 is 10.9 Å². The summed E-state index contributed by atoms with van der Waals surface area (Å²) in [6, 6.07) is 12.3. The van der Waals surface area contributed by atoms with Crippen LogP contribution in [0.2, 0.25) is 0 Å². The third-order valence-corrected chi connectivity index (χ3v) is 3.87. The van der Waals surface area contributed by atoms with Crippen LogP contribution in [0.15, 0.2) is 59.5 Å². The van der Waals surface area contributed by atoms with E-state index in [4.69, 9.17) is 0 Å². The van der Waals surface area contributed by atoms with Gasteiger partial charge in [0.2, 0.25) is 5.43 Å². The topological polar surface area (TPSA) is 38.1 Å². The number of para-hydroxylation sites is 1. The highest BCUT2D eigenvalue weighted by Crippen LogP contribution is 2.29. The van der Waals surface area contributed by atoms with Crippen molar-refractivity contribution in [3.63, 3.8) is 0 Å². The van der Waals surface area contributed by atoms with Crippen LogP contribution in [0.3, 0.4) is 0 Å². The summed E-state index contributed by atoms with van der Waals surface area (Å²) in [6.07, 6.45) is -3.06. The molecule has 0 aliphatic carbocycles. The molecule has 0 atom stereocenters. The van der Waals surface area contributed by atoms with Gasteiger partial charge in [-0.25, -0.2) is 0 Å². The number of fused-ring (bicyclic) bond motifs is 1. The lowest BCUT2D eigenvalue weighted by Gasteiger charge is -2.19. The van der Waals surface area contributed by atoms with Crippen LogP contribution in [0.5, 0.6) is 0 Å². The van der Waals surface area contributed by atoms with Crippen molar-refractivity contribution in [2.45, 2.75) is 19.4 Å². The monoisotopic (exact) mass is 347 g/mol. The summed E-state index contributed by atoms with van der Waals surface area (Å²) in [6.45, 7) is 0.863. The second-order valence-electron chi connectivity index (χ2n) is 5.88. The van der Waals surface area contributed by atoms with Gasteiger partial charge in [0.05, 0.1) is 23.9 Å². The highest BCUT2D eigenvalue weighted by Gasteiger charge is 2.29. The maximum atomic E-state index is 12.6. The third kappa shape index (κ3) is 3.88. The Morgan fingerprint density at radius 3 is 2.44 bits per heavy atom. The number of rotatable bonds is 4. The second kappa shape index (κ2) is 6.68. The molecule has 0 unspecified atom stereocenters. The number of benzene rings is 2. The zero-order chi connectivity index (χ0) is 18.0. The highest BCUT2D eigenvalue weighted by molar-refractivity contribution is 5.77. The molecule has 2 aromatic carbocycles. The largest absolute Gasteiger partial charge is 0.416 e. The smallest absolute Gasteiger partial charge is 0.287 e. The maximum absolute atomic E-state index is 12.6. The van der Waals surface area contributed by atoms with Crippen LogP contribution in [0.4, 0.5) is 13.2 Å². The van der Waals surface area contributed by atoms with E-state index in [0.29, 0.717) is 24.1 Å². The summed E-state index contributed by atoms with van der Waals surface area (Å²) in [5.41, 5.74) is 0.680. The van der Waals surface area contributed by atoms with Gasteiger partial charge < -0.3 is 0 Å². The van der Waals surface area contributed by atoms with E-state index in [0.717, 1.165) is 17.7 Å². The van der Waals surface area contributed by atoms with Crippen LogP contribution in [-0.4, -0.2) is 21.7 Å². The van der Waals surface area contributed by atoms with Crippen LogP contribution in [0.1, 0.15) is 11.1 Å². The molecule has 0 aliphatic rings. The van der Waals surface area contributed by atoms with Crippen molar-refractivity contribution in [2.24, 2.45) is 0 Å². The van der Waals surface area contributed by atoms with Gasteiger partial charge in [-0.1, -0.05) is 24.3 Å². The van der Waals surface area contributed by atoms with Crippen molar-refractivity contribution < 1.29 is 13.2 Å². The quantitative estimate of drug-likeness (QED) is 0.725. The Labute approximate surface area is 142 Å². The molecule has 0 saturated carbocycles. The fourth-order valence-electron chi connectivity index (χ4n) is 2.66. The van der Waals surface area contributed by atoms with Crippen LogP contribution >= 0.6 is 0 Å². The van der Waals surface area contributed by atoms with Gasteiger partial charge in [0.15, 0.2) is 0 Å². The molecule has 1 heterocycles. The summed E-state index contributed by atoms with van der Waals surface area (Å²) >= 11 is 0. The zero-order valence-corrected chi connectivity index (χ0v) is 13.5. The molecule has 4 nitrogen and oxygen atoms in total. The zero-order valence-electron chi connectivity index (χ0n) is 13.5. The first-order valence-corrected chi connectivity index (χ1v) is 7.64. The Kier molecular flexibility index (Phi) is 4.59. The lowest BCUT2D eigenvalue weighted by Crippen LogP contribution is -2.24. The summed E-state index contributed by atoms with van der Waals surface area (Å²) in [5, 5.41) is 4.73. The van der Waals surface area contributed by atoms with Crippen LogP contribution < -0.4 is 5.43 Å². The molecule has 0 spiro atoms. The Bertz CT molecular complexity index is 933. The maximum Gasteiger partial charge on any atom is 0.416 e. The lowest BCUT2D eigenvalue weighted by atomic mass is 10.1. The van der Waals surface area contributed by atoms with Gasteiger partial charge >= 0.3 is 6.18 Å². The van der Waals surface area contributed by atoms with Gasteiger partial charge in [-0.15, -0.1) is 0 Å². The van der Waals surface area contributed by atoms with Gasteiger partial charge in [-0.05, 0) is 36.9 Å². The third-order valence-electron chi connectivity index (χ3n) is 3.87. The SMILES string of the molecule is CN(Cc1ccc(C(F)(F)F)cc1)Cn1ncc(=O)c2ccccc21. The summed E-state index contributed by atoms with van der Waals surface area (Å²) < 4.78 is 39.5. The van der Waals surface area contributed by atoms with E-state index in [1.54, 1.807) is 16.8 Å². The predicted molar refractivity (Wildman–Crippen MR) is 88.9 cm³/mol. The first kappa shape index (κ1) is 17.2. The summed E-state index contributed by atoms with van der Waals surface area (Å²) in [4.78, 5) is 13.7. The number of nitrogens with zero attached hydrogens (tertiary/aromatic N) is 3. The molecule has 0 saturated heterocycles. The average molecular weight is 347 g/mol. The first-order valence-electron chi connectivity index (χ1n) is 7.64. The molecule has 3 rings (SSSR count). The number of aromatic nitrogens is 2. The molecule has 0 aliphatic heterocycles. The first-order chi connectivity index (χ1) is 11.8. The van der Waals surface area contributed by atoms with E-state index < -0.39 is 11.7 Å². The molecule has 7 heteroatoms. The van der Waals surface area contributed by atoms with Gasteiger partial charge in [-0.3, -0.25) is 14.4 Å². The Balaban J connectivity index is 1.76. The van der Waals surface area contributed by atoms with Gasteiger partial charge in [0.1, 0.15) is 0 Å². The number of hydrogen-bond donors (Lipinski definition) is 0. The average Bonchev–Trinajstić information content (AvgIpc) is 2.57. The fraction of sp³-hybridized carbons (Fsp3) is 0.222. The van der Waals surface area contributed by atoms with Crippen molar-refractivity contribution in [1.29, 1.82) is 0 Å². The molecule has 25 heavy (non-hydrogen) atoms. The van der Waals surface area contributed by atoms with Crippen LogP contribution in [0, 0.1) is 0 Å². The number of hydrogen-bond acceptors (Lipinski definition) is 3. The van der Waals surface area contributed by atoms with E-state index in [-0.39, 0.29) is 5.43 Å². The molecule has 0 N–H and O–H groups in total. The van der Waals surface area contributed by atoms with Crippen molar-refractivity contribution in [1.82, 2.24) is 14.7 Å². The molecular weight excluding hydrogens is 331 g/mol.